The maximum Gasteiger partial charge on any atom is 0.251 e. The standard InChI is InChI=1S/C20H24ClN3O3S/c1-14-8-9-15(28(22,26)27)12-17(14)20(25)23-13-19(24-10-4-5-11-24)16-6-2-3-7-18(16)21/h2-3,6-9,12,19H,4-5,10-11,13H2,1H3,(H,23,25)(H2,22,26,27). The maximum absolute atomic E-state index is 12.8. The first kappa shape index (κ1) is 20.8. The molecule has 1 saturated heterocycles. The van der Waals surface area contributed by atoms with E-state index < -0.39 is 10.0 Å². The molecule has 0 bridgehead atoms. The fraction of sp³-hybridized carbons (Fsp3) is 0.350. The van der Waals surface area contributed by atoms with Gasteiger partial charge in [-0.1, -0.05) is 35.9 Å². The summed E-state index contributed by atoms with van der Waals surface area (Å²) in [5, 5.41) is 8.81. The van der Waals surface area contributed by atoms with Crippen LogP contribution < -0.4 is 10.5 Å². The Morgan fingerprint density at radius 2 is 1.89 bits per heavy atom. The Kier molecular flexibility index (Phi) is 6.40. The van der Waals surface area contributed by atoms with Crippen LogP contribution in [0, 0.1) is 6.92 Å². The lowest BCUT2D eigenvalue weighted by Crippen LogP contribution is -2.37. The fourth-order valence-electron chi connectivity index (χ4n) is 3.54. The smallest absolute Gasteiger partial charge is 0.251 e. The molecule has 8 heteroatoms. The molecule has 0 saturated carbocycles. The van der Waals surface area contributed by atoms with Gasteiger partial charge in [-0.25, -0.2) is 13.6 Å². The second kappa shape index (κ2) is 8.61. The summed E-state index contributed by atoms with van der Waals surface area (Å²) in [6.07, 6.45) is 2.23. The molecular formula is C20H24ClN3O3S. The van der Waals surface area contributed by atoms with Crippen molar-refractivity contribution in [2.45, 2.75) is 30.7 Å². The van der Waals surface area contributed by atoms with Crippen LogP contribution in [-0.2, 0) is 10.0 Å². The van der Waals surface area contributed by atoms with Crippen molar-refractivity contribution in [1.29, 1.82) is 0 Å². The minimum Gasteiger partial charge on any atom is -0.350 e. The molecule has 1 unspecified atom stereocenters. The lowest BCUT2D eigenvalue weighted by Gasteiger charge is -2.29. The largest absolute Gasteiger partial charge is 0.350 e. The highest BCUT2D eigenvalue weighted by atomic mass is 35.5. The SMILES string of the molecule is Cc1ccc(S(N)(=O)=O)cc1C(=O)NCC(c1ccccc1Cl)N1CCCC1. The molecule has 28 heavy (non-hydrogen) atoms. The number of benzene rings is 2. The van der Waals surface area contributed by atoms with Crippen LogP contribution in [0.5, 0.6) is 0 Å². The lowest BCUT2D eigenvalue weighted by atomic mass is 10.0. The Morgan fingerprint density at radius 1 is 1.21 bits per heavy atom. The van der Waals surface area contributed by atoms with Gasteiger partial charge < -0.3 is 5.32 Å². The van der Waals surface area contributed by atoms with Crippen LogP contribution in [0.4, 0.5) is 0 Å². The van der Waals surface area contributed by atoms with Crippen molar-refractivity contribution in [3.8, 4) is 0 Å². The summed E-state index contributed by atoms with van der Waals surface area (Å²) in [4.78, 5) is 15.0. The molecule has 0 aliphatic carbocycles. The van der Waals surface area contributed by atoms with E-state index in [4.69, 9.17) is 16.7 Å². The zero-order valence-corrected chi connectivity index (χ0v) is 17.3. The second-order valence-corrected chi connectivity index (χ2v) is 8.98. The van der Waals surface area contributed by atoms with E-state index in [-0.39, 0.29) is 16.8 Å². The third kappa shape index (κ3) is 4.72. The van der Waals surface area contributed by atoms with E-state index in [1.54, 1.807) is 13.0 Å². The van der Waals surface area contributed by atoms with E-state index in [0.717, 1.165) is 31.5 Å². The number of amides is 1. The number of nitrogens with one attached hydrogen (secondary N) is 1. The van der Waals surface area contributed by atoms with Crippen LogP contribution in [0.1, 0.15) is 40.4 Å². The van der Waals surface area contributed by atoms with Crippen molar-refractivity contribution >= 4 is 27.5 Å². The molecule has 2 aromatic carbocycles. The van der Waals surface area contributed by atoms with E-state index in [0.29, 0.717) is 22.7 Å². The summed E-state index contributed by atoms with van der Waals surface area (Å²) in [5.74, 6) is -0.334. The first-order chi connectivity index (χ1) is 13.3. The second-order valence-electron chi connectivity index (χ2n) is 7.01. The number of likely N-dealkylation sites (tertiary alicyclic amines) is 1. The van der Waals surface area contributed by atoms with Gasteiger partial charge in [0.2, 0.25) is 10.0 Å². The molecule has 1 aliphatic rings. The Labute approximate surface area is 170 Å². The molecule has 1 fully saturated rings. The number of sulfonamides is 1. The fourth-order valence-corrected chi connectivity index (χ4v) is 4.34. The summed E-state index contributed by atoms with van der Waals surface area (Å²) in [6.45, 7) is 4.03. The van der Waals surface area contributed by atoms with Gasteiger partial charge in [0.15, 0.2) is 0 Å². The van der Waals surface area contributed by atoms with Crippen LogP contribution in [0.25, 0.3) is 0 Å². The summed E-state index contributed by atoms with van der Waals surface area (Å²) in [5.41, 5.74) is 1.95. The van der Waals surface area contributed by atoms with Gasteiger partial charge in [-0.2, -0.15) is 0 Å². The highest BCUT2D eigenvalue weighted by Gasteiger charge is 2.26. The number of hydrogen-bond acceptors (Lipinski definition) is 4. The van der Waals surface area contributed by atoms with E-state index in [9.17, 15) is 13.2 Å². The van der Waals surface area contributed by atoms with Crippen molar-refractivity contribution < 1.29 is 13.2 Å². The zero-order valence-electron chi connectivity index (χ0n) is 15.7. The number of aryl methyl sites for hydroxylation is 1. The molecule has 150 valence electrons. The quantitative estimate of drug-likeness (QED) is 0.750. The molecule has 0 spiro atoms. The normalized spacial score (nSPS) is 16.1. The zero-order chi connectivity index (χ0) is 20.3. The Morgan fingerprint density at radius 3 is 2.54 bits per heavy atom. The number of nitrogens with zero attached hydrogens (tertiary/aromatic N) is 1. The van der Waals surface area contributed by atoms with Gasteiger partial charge in [-0.3, -0.25) is 9.69 Å². The first-order valence-corrected chi connectivity index (χ1v) is 11.1. The van der Waals surface area contributed by atoms with Gasteiger partial charge >= 0.3 is 0 Å². The van der Waals surface area contributed by atoms with Crippen molar-refractivity contribution in [2.24, 2.45) is 5.14 Å². The molecule has 1 aliphatic heterocycles. The van der Waals surface area contributed by atoms with E-state index in [1.165, 1.54) is 12.1 Å². The van der Waals surface area contributed by atoms with Gasteiger partial charge in [0.05, 0.1) is 10.9 Å². The number of primary sulfonamides is 1. The topological polar surface area (TPSA) is 92.5 Å². The van der Waals surface area contributed by atoms with Crippen LogP contribution in [-0.4, -0.2) is 38.9 Å². The summed E-state index contributed by atoms with van der Waals surface area (Å²) >= 11 is 6.41. The molecule has 1 atom stereocenters. The predicted molar refractivity (Wildman–Crippen MR) is 110 cm³/mol. The number of halogens is 1. The minimum atomic E-state index is -3.87. The highest BCUT2D eigenvalue weighted by Crippen LogP contribution is 2.29. The van der Waals surface area contributed by atoms with Gasteiger partial charge in [-0.15, -0.1) is 0 Å². The Bertz CT molecular complexity index is 972. The summed E-state index contributed by atoms with van der Waals surface area (Å²) in [6, 6.07) is 11.9. The van der Waals surface area contributed by atoms with Crippen LogP contribution in [0.3, 0.4) is 0 Å². The van der Waals surface area contributed by atoms with Gasteiger partial charge in [-0.05, 0) is 62.2 Å². The predicted octanol–water partition coefficient (Wildman–Crippen LogP) is 2.86. The third-order valence-corrected chi connectivity index (χ3v) is 6.34. The van der Waals surface area contributed by atoms with Crippen molar-refractivity contribution in [3.05, 3.63) is 64.2 Å². The van der Waals surface area contributed by atoms with Crippen molar-refractivity contribution in [3.63, 3.8) is 0 Å². The van der Waals surface area contributed by atoms with E-state index in [1.807, 2.05) is 24.3 Å². The van der Waals surface area contributed by atoms with Crippen LogP contribution in [0.2, 0.25) is 5.02 Å². The average Bonchev–Trinajstić information content (AvgIpc) is 3.17. The lowest BCUT2D eigenvalue weighted by molar-refractivity contribution is 0.0937. The molecule has 0 aromatic heterocycles. The summed E-state index contributed by atoms with van der Waals surface area (Å²) in [7, 11) is -3.87. The number of nitrogens with two attached hydrogens (primary N) is 1. The number of hydrogen-bond donors (Lipinski definition) is 2. The third-order valence-electron chi connectivity index (χ3n) is 5.08. The minimum absolute atomic E-state index is 0.0399. The van der Waals surface area contributed by atoms with E-state index in [2.05, 4.69) is 10.2 Å². The average molecular weight is 422 g/mol. The molecule has 1 heterocycles. The molecule has 6 nitrogen and oxygen atoms in total. The van der Waals surface area contributed by atoms with Crippen molar-refractivity contribution in [2.75, 3.05) is 19.6 Å². The number of rotatable bonds is 6. The molecule has 0 radical (unpaired) electrons. The molecule has 1 amide bonds. The summed E-state index contributed by atoms with van der Waals surface area (Å²) < 4.78 is 23.2. The maximum atomic E-state index is 12.8. The molecule has 3 rings (SSSR count). The molecule has 3 N–H and O–H groups in total. The van der Waals surface area contributed by atoms with Gasteiger partial charge in [0, 0.05) is 17.1 Å². The van der Waals surface area contributed by atoms with Gasteiger partial charge in [0.25, 0.3) is 5.91 Å². The van der Waals surface area contributed by atoms with Crippen molar-refractivity contribution in [1.82, 2.24) is 10.2 Å². The van der Waals surface area contributed by atoms with Gasteiger partial charge in [0.1, 0.15) is 0 Å². The van der Waals surface area contributed by atoms with Crippen LogP contribution in [0.15, 0.2) is 47.4 Å². The highest BCUT2D eigenvalue weighted by molar-refractivity contribution is 7.89. The number of carbonyl (C=O) groups excluding carboxylic acids is 1. The molecule has 2 aromatic rings. The van der Waals surface area contributed by atoms with Crippen LogP contribution >= 0.6 is 11.6 Å². The number of carbonyl (C=O) groups is 1. The first-order valence-electron chi connectivity index (χ1n) is 9.17. The molecular weight excluding hydrogens is 398 g/mol. The Balaban J connectivity index is 1.82. The Hall–Kier alpha value is -1.93. The van der Waals surface area contributed by atoms with E-state index >= 15 is 0 Å². The monoisotopic (exact) mass is 421 g/mol.